The Kier molecular flexibility index (Phi) is 5.62. The molecule has 0 unspecified atom stereocenters. The molecule has 2 aliphatic rings. The summed E-state index contributed by atoms with van der Waals surface area (Å²) in [6.45, 7) is 0. The third-order valence-corrected chi connectivity index (χ3v) is 12.6. The molecule has 3 heteroatoms. The summed E-state index contributed by atoms with van der Waals surface area (Å²) in [5.41, 5.74) is 15.3. The number of nitrogens with zero attached hydrogens (tertiary/aromatic N) is 1. The molecule has 0 atom stereocenters. The highest BCUT2D eigenvalue weighted by atomic mass is 32.1. The van der Waals surface area contributed by atoms with Gasteiger partial charge in [0.15, 0.2) is 0 Å². The largest absolute Gasteiger partial charge is 0.456 e. The number of anilines is 3. The quantitative estimate of drug-likeness (QED) is 0.185. The molecule has 12 rings (SSSR count). The molecule has 2 aliphatic carbocycles. The van der Waals surface area contributed by atoms with E-state index in [9.17, 15) is 0 Å². The first-order chi connectivity index (χ1) is 25.8. The van der Waals surface area contributed by atoms with Crippen molar-refractivity contribution in [2.24, 2.45) is 0 Å². The Labute approximate surface area is 304 Å². The first kappa shape index (κ1) is 28.3. The van der Waals surface area contributed by atoms with Crippen LogP contribution in [0.2, 0.25) is 0 Å². The number of hydrogen-bond donors (Lipinski definition) is 0. The van der Waals surface area contributed by atoms with E-state index < -0.39 is 5.41 Å². The van der Waals surface area contributed by atoms with Crippen LogP contribution >= 0.6 is 11.3 Å². The molecule has 1 spiro atoms. The third kappa shape index (κ3) is 3.63. The number of para-hydroxylation sites is 1. The molecular formula is C49H29NOS. The van der Waals surface area contributed by atoms with Gasteiger partial charge in [0, 0.05) is 48.0 Å². The van der Waals surface area contributed by atoms with E-state index >= 15 is 0 Å². The average molecular weight is 680 g/mol. The Bertz CT molecular complexity index is 3050. The van der Waals surface area contributed by atoms with E-state index in [0.29, 0.717) is 0 Å². The second-order valence-corrected chi connectivity index (χ2v) is 15.1. The van der Waals surface area contributed by atoms with E-state index in [4.69, 9.17) is 4.42 Å². The van der Waals surface area contributed by atoms with Gasteiger partial charge in [-0.1, -0.05) is 121 Å². The summed E-state index contributed by atoms with van der Waals surface area (Å²) < 4.78 is 8.89. The molecule has 0 radical (unpaired) electrons. The molecule has 0 bridgehead atoms. The predicted octanol–water partition coefficient (Wildman–Crippen LogP) is 13.8. The fourth-order valence-electron chi connectivity index (χ4n) is 9.38. The molecule has 0 aliphatic heterocycles. The van der Waals surface area contributed by atoms with Gasteiger partial charge in [-0.2, -0.15) is 0 Å². The highest BCUT2D eigenvalue weighted by Crippen LogP contribution is 2.63. The summed E-state index contributed by atoms with van der Waals surface area (Å²) in [5.74, 6) is 0. The van der Waals surface area contributed by atoms with Gasteiger partial charge >= 0.3 is 0 Å². The third-order valence-electron chi connectivity index (χ3n) is 11.5. The van der Waals surface area contributed by atoms with Crippen LogP contribution in [0.1, 0.15) is 22.3 Å². The summed E-state index contributed by atoms with van der Waals surface area (Å²) >= 11 is 1.86. The van der Waals surface area contributed by atoms with Gasteiger partial charge in [-0.3, -0.25) is 0 Å². The van der Waals surface area contributed by atoms with Crippen LogP contribution < -0.4 is 4.90 Å². The Hall–Kier alpha value is -6.42. The van der Waals surface area contributed by atoms with E-state index in [1.807, 2.05) is 17.4 Å². The molecule has 0 saturated heterocycles. The lowest BCUT2D eigenvalue weighted by atomic mass is 9.70. The zero-order valence-corrected chi connectivity index (χ0v) is 28.8. The summed E-state index contributed by atoms with van der Waals surface area (Å²) in [7, 11) is 0. The highest BCUT2D eigenvalue weighted by Gasteiger charge is 2.51. The maximum absolute atomic E-state index is 6.30. The molecule has 10 aromatic rings. The van der Waals surface area contributed by atoms with Crippen molar-refractivity contribution < 1.29 is 4.42 Å². The fraction of sp³-hybridized carbons (Fsp3) is 0.0204. The van der Waals surface area contributed by atoms with E-state index in [-0.39, 0.29) is 0 Å². The van der Waals surface area contributed by atoms with Crippen LogP contribution in [0, 0.1) is 0 Å². The second kappa shape index (κ2) is 10.3. The van der Waals surface area contributed by atoms with Gasteiger partial charge in [-0.25, -0.2) is 0 Å². The summed E-state index contributed by atoms with van der Waals surface area (Å²) in [5, 5.41) is 4.84. The van der Waals surface area contributed by atoms with Crippen molar-refractivity contribution in [1.29, 1.82) is 0 Å². The van der Waals surface area contributed by atoms with Gasteiger partial charge in [-0.05, 0) is 99.1 Å². The molecule has 242 valence electrons. The van der Waals surface area contributed by atoms with E-state index in [0.717, 1.165) is 39.0 Å². The number of rotatable bonds is 3. The molecule has 52 heavy (non-hydrogen) atoms. The standard InChI is InChI=1S/C49H29NOS/c1-6-16-41-33(11-1)34-12-2-7-17-42(34)49(41)43-18-8-3-13-35(43)36-24-21-31(28-44(36)49)50(30-23-26-46-40(27-30)37-14-4-9-19-45(37)51-46)32-22-25-39-38-15-5-10-20-47(38)52-48(39)29-32/h1-29H. The topological polar surface area (TPSA) is 16.4 Å². The van der Waals surface area contributed by atoms with Gasteiger partial charge in [0.25, 0.3) is 0 Å². The van der Waals surface area contributed by atoms with Crippen molar-refractivity contribution in [3.63, 3.8) is 0 Å². The van der Waals surface area contributed by atoms with Crippen molar-refractivity contribution in [2.75, 3.05) is 4.90 Å². The van der Waals surface area contributed by atoms with Crippen molar-refractivity contribution in [2.45, 2.75) is 5.41 Å². The Morgan fingerprint density at radius 1 is 0.365 bits per heavy atom. The van der Waals surface area contributed by atoms with E-state index in [1.54, 1.807) is 0 Å². The first-order valence-electron chi connectivity index (χ1n) is 17.8. The number of hydrogen-bond acceptors (Lipinski definition) is 3. The molecule has 8 aromatic carbocycles. The molecular weight excluding hydrogens is 651 g/mol. The maximum atomic E-state index is 6.30. The molecule has 0 fully saturated rings. The number of furan rings is 1. The minimum atomic E-state index is -0.416. The molecule has 0 amide bonds. The summed E-state index contributed by atoms with van der Waals surface area (Å²) in [4.78, 5) is 2.44. The minimum absolute atomic E-state index is 0.416. The molecule has 0 saturated carbocycles. The Morgan fingerprint density at radius 2 is 0.885 bits per heavy atom. The summed E-state index contributed by atoms with van der Waals surface area (Å²) in [6, 6.07) is 64.9. The predicted molar refractivity (Wildman–Crippen MR) is 218 cm³/mol. The van der Waals surface area contributed by atoms with Crippen LogP contribution in [0.3, 0.4) is 0 Å². The fourth-order valence-corrected chi connectivity index (χ4v) is 10.5. The average Bonchev–Trinajstić information content (AvgIpc) is 3.93. The van der Waals surface area contributed by atoms with Gasteiger partial charge < -0.3 is 9.32 Å². The van der Waals surface area contributed by atoms with Crippen LogP contribution in [0.15, 0.2) is 180 Å². The lowest BCUT2D eigenvalue weighted by Crippen LogP contribution is -2.26. The molecule has 0 N–H and O–H groups in total. The van der Waals surface area contributed by atoms with Crippen LogP contribution in [0.25, 0.3) is 64.4 Å². The lowest BCUT2D eigenvalue weighted by Gasteiger charge is -2.32. The van der Waals surface area contributed by atoms with Gasteiger partial charge in [0.05, 0.1) is 5.41 Å². The van der Waals surface area contributed by atoms with Crippen LogP contribution in [-0.4, -0.2) is 0 Å². The minimum Gasteiger partial charge on any atom is -0.456 e. The number of fused-ring (bicyclic) bond motifs is 16. The number of thiophene rings is 1. The van der Waals surface area contributed by atoms with Crippen LogP contribution in [0.5, 0.6) is 0 Å². The summed E-state index contributed by atoms with van der Waals surface area (Å²) in [6.07, 6.45) is 0. The Balaban J connectivity index is 1.15. The lowest BCUT2D eigenvalue weighted by molar-refractivity contribution is 0.669. The Morgan fingerprint density at radius 3 is 1.63 bits per heavy atom. The van der Waals surface area contributed by atoms with Crippen molar-refractivity contribution in [1.82, 2.24) is 0 Å². The van der Waals surface area contributed by atoms with Gasteiger partial charge in [-0.15, -0.1) is 11.3 Å². The smallest absolute Gasteiger partial charge is 0.135 e. The van der Waals surface area contributed by atoms with Crippen LogP contribution in [0.4, 0.5) is 17.1 Å². The molecule has 2 heterocycles. The van der Waals surface area contributed by atoms with Crippen molar-refractivity contribution >= 4 is 70.5 Å². The van der Waals surface area contributed by atoms with Crippen molar-refractivity contribution in [3.8, 4) is 22.3 Å². The van der Waals surface area contributed by atoms with Gasteiger partial charge in [0.2, 0.25) is 0 Å². The van der Waals surface area contributed by atoms with E-state index in [1.165, 1.54) is 64.7 Å². The second-order valence-electron chi connectivity index (χ2n) is 14.0. The van der Waals surface area contributed by atoms with Crippen LogP contribution in [-0.2, 0) is 5.41 Å². The highest BCUT2D eigenvalue weighted by molar-refractivity contribution is 7.25. The SMILES string of the molecule is c1ccc2c(c1)-c1ccccc1C21c2ccccc2-c2ccc(N(c3ccc4c(c3)sc3ccccc34)c3ccc4oc5ccccc5c4c3)cc21. The molecule has 2 nitrogen and oxygen atoms in total. The monoisotopic (exact) mass is 679 g/mol. The van der Waals surface area contributed by atoms with Crippen molar-refractivity contribution in [3.05, 3.63) is 198 Å². The molecule has 2 aromatic heterocycles. The normalized spacial score (nSPS) is 13.5. The first-order valence-corrected chi connectivity index (χ1v) is 18.7. The zero-order chi connectivity index (χ0) is 34.0. The number of benzene rings is 8. The van der Waals surface area contributed by atoms with E-state index in [2.05, 4.69) is 175 Å². The zero-order valence-electron chi connectivity index (χ0n) is 28.0. The van der Waals surface area contributed by atoms with Gasteiger partial charge in [0.1, 0.15) is 11.2 Å². The maximum Gasteiger partial charge on any atom is 0.135 e.